The van der Waals surface area contributed by atoms with Gasteiger partial charge in [0, 0.05) is 24.8 Å². The Balaban J connectivity index is 2.10. The van der Waals surface area contributed by atoms with Crippen molar-refractivity contribution in [3.63, 3.8) is 0 Å². The Labute approximate surface area is 115 Å². The molecule has 2 heterocycles. The van der Waals surface area contributed by atoms with Crippen molar-refractivity contribution in [2.45, 2.75) is 39.7 Å². The second-order valence-corrected chi connectivity index (χ2v) is 5.22. The minimum Gasteiger partial charge on any atom is -0.337 e. The molecule has 1 saturated heterocycles. The van der Waals surface area contributed by atoms with Crippen molar-refractivity contribution >= 4 is 5.91 Å². The molecule has 1 fully saturated rings. The van der Waals surface area contributed by atoms with Gasteiger partial charge >= 0.3 is 0 Å². The summed E-state index contributed by atoms with van der Waals surface area (Å²) >= 11 is 0. The standard InChI is InChI=1S/C15H23N3O/c1-4-18(10-13-6-5-9-16-13)15(19)14-8-7-11(2)17-12(14)3/h7-8,13,16H,4-6,9-10H2,1-3H3. The summed E-state index contributed by atoms with van der Waals surface area (Å²) in [5.41, 5.74) is 2.50. The predicted molar refractivity (Wildman–Crippen MR) is 76.3 cm³/mol. The van der Waals surface area contributed by atoms with Crippen molar-refractivity contribution in [1.82, 2.24) is 15.2 Å². The van der Waals surface area contributed by atoms with Crippen LogP contribution in [0.15, 0.2) is 12.1 Å². The molecule has 0 radical (unpaired) electrons. The van der Waals surface area contributed by atoms with Gasteiger partial charge in [-0.3, -0.25) is 9.78 Å². The highest BCUT2D eigenvalue weighted by Crippen LogP contribution is 2.13. The Morgan fingerprint density at radius 1 is 1.47 bits per heavy atom. The van der Waals surface area contributed by atoms with Crippen LogP contribution in [0.5, 0.6) is 0 Å². The van der Waals surface area contributed by atoms with Gasteiger partial charge < -0.3 is 10.2 Å². The smallest absolute Gasteiger partial charge is 0.255 e. The molecule has 1 unspecified atom stereocenters. The van der Waals surface area contributed by atoms with Crippen molar-refractivity contribution in [2.24, 2.45) is 0 Å². The van der Waals surface area contributed by atoms with Crippen LogP contribution in [-0.2, 0) is 0 Å². The molecule has 0 aliphatic carbocycles. The summed E-state index contributed by atoms with van der Waals surface area (Å²) in [5.74, 6) is 0.0983. The van der Waals surface area contributed by atoms with E-state index in [4.69, 9.17) is 0 Å². The Kier molecular flexibility index (Phi) is 4.53. The molecule has 1 N–H and O–H groups in total. The van der Waals surface area contributed by atoms with Gasteiger partial charge in [0.15, 0.2) is 0 Å². The van der Waals surface area contributed by atoms with Gasteiger partial charge in [0.25, 0.3) is 5.91 Å². The summed E-state index contributed by atoms with van der Waals surface area (Å²) in [6, 6.07) is 4.25. The average Bonchev–Trinajstić information content (AvgIpc) is 2.88. The second-order valence-electron chi connectivity index (χ2n) is 5.22. The van der Waals surface area contributed by atoms with E-state index < -0.39 is 0 Å². The molecule has 1 aromatic rings. The lowest BCUT2D eigenvalue weighted by Crippen LogP contribution is -2.41. The number of aromatic nitrogens is 1. The van der Waals surface area contributed by atoms with Crippen molar-refractivity contribution in [1.29, 1.82) is 0 Å². The van der Waals surface area contributed by atoms with E-state index in [-0.39, 0.29) is 5.91 Å². The van der Waals surface area contributed by atoms with E-state index in [1.807, 2.05) is 37.8 Å². The zero-order valence-electron chi connectivity index (χ0n) is 12.1. The Hall–Kier alpha value is -1.42. The molecule has 1 aromatic heterocycles. The number of hydrogen-bond acceptors (Lipinski definition) is 3. The van der Waals surface area contributed by atoms with Gasteiger partial charge in [-0.1, -0.05) is 0 Å². The third-order valence-electron chi connectivity index (χ3n) is 3.73. The van der Waals surface area contributed by atoms with Crippen molar-refractivity contribution in [3.8, 4) is 0 Å². The molecule has 4 heteroatoms. The third-order valence-corrected chi connectivity index (χ3v) is 3.73. The largest absolute Gasteiger partial charge is 0.337 e. The molecular weight excluding hydrogens is 238 g/mol. The normalized spacial score (nSPS) is 18.6. The van der Waals surface area contributed by atoms with Crippen LogP contribution in [0.4, 0.5) is 0 Å². The zero-order chi connectivity index (χ0) is 13.8. The van der Waals surface area contributed by atoms with Gasteiger partial charge in [0.2, 0.25) is 0 Å². The zero-order valence-corrected chi connectivity index (χ0v) is 12.1. The number of carbonyl (C=O) groups excluding carboxylic acids is 1. The SMILES string of the molecule is CCN(CC1CCCN1)C(=O)c1ccc(C)nc1C. The molecule has 0 aromatic carbocycles. The van der Waals surface area contributed by atoms with Crippen LogP contribution >= 0.6 is 0 Å². The maximum Gasteiger partial charge on any atom is 0.255 e. The first-order chi connectivity index (χ1) is 9.11. The Bertz CT molecular complexity index is 453. The molecule has 1 amide bonds. The first-order valence-corrected chi connectivity index (χ1v) is 7.08. The topological polar surface area (TPSA) is 45.2 Å². The van der Waals surface area contributed by atoms with Crippen molar-refractivity contribution < 1.29 is 4.79 Å². The molecule has 0 saturated carbocycles. The quantitative estimate of drug-likeness (QED) is 0.900. The highest BCUT2D eigenvalue weighted by atomic mass is 16.2. The van der Waals surface area contributed by atoms with Gasteiger partial charge in [-0.25, -0.2) is 0 Å². The van der Waals surface area contributed by atoms with E-state index >= 15 is 0 Å². The van der Waals surface area contributed by atoms with Gasteiger partial charge in [0.05, 0.1) is 11.3 Å². The minimum atomic E-state index is 0.0983. The molecule has 0 bridgehead atoms. The lowest BCUT2D eigenvalue weighted by atomic mass is 10.1. The summed E-state index contributed by atoms with van der Waals surface area (Å²) in [6.07, 6.45) is 2.37. The number of aryl methyl sites for hydroxylation is 2. The summed E-state index contributed by atoms with van der Waals surface area (Å²) < 4.78 is 0. The Morgan fingerprint density at radius 3 is 2.84 bits per heavy atom. The molecule has 0 spiro atoms. The summed E-state index contributed by atoms with van der Waals surface area (Å²) in [4.78, 5) is 18.9. The van der Waals surface area contributed by atoms with Crippen LogP contribution < -0.4 is 5.32 Å². The van der Waals surface area contributed by atoms with Gasteiger partial charge in [-0.15, -0.1) is 0 Å². The van der Waals surface area contributed by atoms with Crippen molar-refractivity contribution in [3.05, 3.63) is 29.1 Å². The number of rotatable bonds is 4. The lowest BCUT2D eigenvalue weighted by Gasteiger charge is -2.25. The van der Waals surface area contributed by atoms with Crippen LogP contribution in [0.3, 0.4) is 0 Å². The minimum absolute atomic E-state index is 0.0983. The molecule has 104 valence electrons. The first kappa shape index (κ1) is 14.0. The number of hydrogen-bond donors (Lipinski definition) is 1. The van der Waals surface area contributed by atoms with Gasteiger partial charge in [0.1, 0.15) is 0 Å². The van der Waals surface area contributed by atoms with E-state index in [1.54, 1.807) is 0 Å². The highest BCUT2D eigenvalue weighted by Gasteiger charge is 2.22. The van der Waals surface area contributed by atoms with Gasteiger partial charge in [-0.2, -0.15) is 0 Å². The second kappa shape index (κ2) is 6.15. The van der Waals surface area contributed by atoms with Crippen LogP contribution in [-0.4, -0.2) is 41.5 Å². The number of likely N-dealkylation sites (N-methyl/N-ethyl adjacent to an activating group) is 1. The molecule has 2 rings (SSSR count). The molecule has 1 aliphatic heterocycles. The number of amides is 1. The summed E-state index contributed by atoms with van der Waals surface area (Å²) in [7, 11) is 0. The fraction of sp³-hybridized carbons (Fsp3) is 0.600. The van der Waals surface area contributed by atoms with Crippen LogP contribution in [0, 0.1) is 13.8 Å². The van der Waals surface area contributed by atoms with Crippen molar-refractivity contribution in [2.75, 3.05) is 19.6 Å². The summed E-state index contributed by atoms with van der Waals surface area (Å²) in [6.45, 7) is 8.49. The summed E-state index contributed by atoms with van der Waals surface area (Å²) in [5, 5.41) is 3.44. The third kappa shape index (κ3) is 3.32. The molecule has 1 atom stereocenters. The highest BCUT2D eigenvalue weighted by molar-refractivity contribution is 5.95. The Morgan fingerprint density at radius 2 is 2.26 bits per heavy atom. The molecule has 4 nitrogen and oxygen atoms in total. The first-order valence-electron chi connectivity index (χ1n) is 7.08. The van der Waals surface area contributed by atoms with Crippen LogP contribution in [0.2, 0.25) is 0 Å². The van der Waals surface area contributed by atoms with Crippen LogP contribution in [0.1, 0.15) is 41.5 Å². The lowest BCUT2D eigenvalue weighted by molar-refractivity contribution is 0.0750. The van der Waals surface area contributed by atoms with E-state index in [0.717, 1.165) is 43.0 Å². The van der Waals surface area contributed by atoms with E-state index in [9.17, 15) is 4.79 Å². The van der Waals surface area contributed by atoms with E-state index in [2.05, 4.69) is 10.3 Å². The molecule has 19 heavy (non-hydrogen) atoms. The predicted octanol–water partition coefficient (Wildman–Crippen LogP) is 1.91. The molecule has 1 aliphatic rings. The fourth-order valence-electron chi connectivity index (χ4n) is 2.62. The van der Waals surface area contributed by atoms with Gasteiger partial charge in [-0.05, 0) is 52.3 Å². The van der Waals surface area contributed by atoms with E-state index in [1.165, 1.54) is 6.42 Å². The number of nitrogens with zero attached hydrogens (tertiary/aromatic N) is 2. The maximum atomic E-state index is 12.6. The fourth-order valence-corrected chi connectivity index (χ4v) is 2.62. The number of carbonyl (C=O) groups is 1. The monoisotopic (exact) mass is 261 g/mol. The number of pyridine rings is 1. The van der Waals surface area contributed by atoms with E-state index in [0.29, 0.717) is 6.04 Å². The molecular formula is C15H23N3O. The van der Waals surface area contributed by atoms with Crippen LogP contribution in [0.25, 0.3) is 0 Å². The maximum absolute atomic E-state index is 12.6. The average molecular weight is 261 g/mol. The number of nitrogens with one attached hydrogen (secondary N) is 1.